The predicted octanol–water partition coefficient (Wildman–Crippen LogP) is 3.80. The third-order valence-corrected chi connectivity index (χ3v) is 6.69. The fraction of sp³-hybridized carbons (Fsp3) is 0.231. The van der Waals surface area contributed by atoms with Gasteiger partial charge >= 0.3 is 0 Å². The number of benzene rings is 1. The fourth-order valence-corrected chi connectivity index (χ4v) is 4.94. The van der Waals surface area contributed by atoms with E-state index >= 15 is 0 Å². The molecule has 3 N–H and O–H groups in total. The number of pyridine rings is 1. The molecule has 0 atom stereocenters. The van der Waals surface area contributed by atoms with Crippen LogP contribution in [-0.2, 0) is 11.2 Å². The Bertz CT molecular complexity index is 1450. The van der Waals surface area contributed by atoms with Gasteiger partial charge in [0.15, 0.2) is 0 Å². The first-order valence-electron chi connectivity index (χ1n) is 11.5. The SMILES string of the molecule is Nc1nccn2c(C3CCN(C(=O)Cc4cccnc4)CC3)nc(-c3cc4ccccc4[nH]3)c12. The smallest absolute Gasteiger partial charge is 0.227 e. The van der Waals surface area contributed by atoms with E-state index in [-0.39, 0.29) is 11.8 Å². The monoisotopic (exact) mass is 451 g/mol. The number of imidazole rings is 1. The lowest BCUT2D eigenvalue weighted by Crippen LogP contribution is -2.39. The summed E-state index contributed by atoms with van der Waals surface area (Å²) in [6.45, 7) is 1.42. The lowest BCUT2D eigenvalue weighted by atomic mass is 9.95. The van der Waals surface area contributed by atoms with Crippen molar-refractivity contribution in [3.8, 4) is 11.4 Å². The summed E-state index contributed by atoms with van der Waals surface area (Å²) in [6.07, 6.45) is 9.22. The Hall–Kier alpha value is -4.20. The third-order valence-electron chi connectivity index (χ3n) is 6.69. The highest BCUT2D eigenvalue weighted by molar-refractivity contribution is 5.91. The molecule has 1 aromatic carbocycles. The summed E-state index contributed by atoms with van der Waals surface area (Å²) in [5.74, 6) is 1.80. The first kappa shape index (κ1) is 20.4. The van der Waals surface area contributed by atoms with Gasteiger partial charge in [-0.2, -0.15) is 0 Å². The zero-order valence-corrected chi connectivity index (χ0v) is 18.7. The summed E-state index contributed by atoms with van der Waals surface area (Å²) in [7, 11) is 0. The van der Waals surface area contributed by atoms with Crippen molar-refractivity contribution in [1.29, 1.82) is 0 Å². The molecule has 0 saturated carbocycles. The number of aromatic amines is 1. The van der Waals surface area contributed by atoms with Gasteiger partial charge in [-0.05, 0) is 36.6 Å². The van der Waals surface area contributed by atoms with Crippen LogP contribution in [0.2, 0.25) is 0 Å². The zero-order chi connectivity index (χ0) is 23.1. The van der Waals surface area contributed by atoms with Gasteiger partial charge < -0.3 is 15.6 Å². The maximum atomic E-state index is 12.8. The van der Waals surface area contributed by atoms with E-state index in [0.29, 0.717) is 25.3 Å². The Morgan fingerprint density at radius 2 is 1.97 bits per heavy atom. The van der Waals surface area contributed by atoms with E-state index in [9.17, 15) is 4.79 Å². The minimum Gasteiger partial charge on any atom is -0.382 e. The van der Waals surface area contributed by atoms with Gasteiger partial charge in [-0.3, -0.25) is 14.2 Å². The van der Waals surface area contributed by atoms with Crippen LogP contribution < -0.4 is 5.73 Å². The number of para-hydroxylation sites is 1. The second kappa shape index (κ2) is 8.30. The number of hydrogen-bond donors (Lipinski definition) is 2. The van der Waals surface area contributed by atoms with Crippen LogP contribution in [0, 0.1) is 0 Å². The minimum absolute atomic E-state index is 0.145. The van der Waals surface area contributed by atoms with E-state index in [4.69, 9.17) is 10.7 Å². The number of nitrogen functional groups attached to an aromatic ring is 1. The normalized spacial score (nSPS) is 14.8. The Morgan fingerprint density at radius 3 is 2.76 bits per heavy atom. The summed E-state index contributed by atoms with van der Waals surface area (Å²) >= 11 is 0. The largest absolute Gasteiger partial charge is 0.382 e. The molecule has 0 unspecified atom stereocenters. The number of carbonyl (C=O) groups excluding carboxylic acids is 1. The van der Waals surface area contributed by atoms with Crippen LogP contribution in [-0.4, -0.2) is 48.2 Å². The molecule has 5 aromatic rings. The number of nitrogens with zero attached hydrogens (tertiary/aromatic N) is 5. The van der Waals surface area contributed by atoms with Gasteiger partial charge in [-0.25, -0.2) is 9.97 Å². The number of aromatic nitrogens is 5. The molecule has 0 aliphatic carbocycles. The molecule has 1 aliphatic heterocycles. The van der Waals surface area contributed by atoms with Crippen molar-refractivity contribution < 1.29 is 4.79 Å². The molecule has 1 fully saturated rings. The maximum Gasteiger partial charge on any atom is 0.227 e. The van der Waals surface area contributed by atoms with Gasteiger partial charge in [0.05, 0.1) is 12.1 Å². The van der Waals surface area contributed by atoms with E-state index in [1.165, 1.54) is 0 Å². The van der Waals surface area contributed by atoms with Crippen molar-refractivity contribution in [1.82, 2.24) is 29.2 Å². The number of H-pyrrole nitrogens is 1. The summed E-state index contributed by atoms with van der Waals surface area (Å²) in [6, 6.07) is 14.1. The summed E-state index contributed by atoms with van der Waals surface area (Å²) < 4.78 is 2.07. The molecule has 0 spiro atoms. The molecule has 5 heterocycles. The van der Waals surface area contributed by atoms with E-state index in [1.54, 1.807) is 18.6 Å². The standard InChI is InChI=1S/C26H25N7O/c27-25-24-23(21-15-19-5-1-2-6-20(19)30-21)31-26(33(24)13-10-29-25)18-7-11-32(12-8-18)22(34)14-17-4-3-9-28-16-17/h1-6,9-10,13,15-16,18,30H,7-8,11-12,14H2,(H2,27,29). The number of likely N-dealkylation sites (tertiary alicyclic amines) is 1. The molecule has 0 radical (unpaired) electrons. The molecule has 170 valence electrons. The molecule has 6 rings (SSSR count). The number of piperidine rings is 1. The van der Waals surface area contributed by atoms with Crippen LogP contribution >= 0.6 is 0 Å². The highest BCUT2D eigenvalue weighted by Gasteiger charge is 2.28. The van der Waals surface area contributed by atoms with Gasteiger partial charge in [0.1, 0.15) is 22.9 Å². The van der Waals surface area contributed by atoms with Crippen LogP contribution in [0.5, 0.6) is 0 Å². The van der Waals surface area contributed by atoms with Crippen LogP contribution in [0.15, 0.2) is 67.3 Å². The molecule has 1 aliphatic rings. The first-order valence-corrected chi connectivity index (χ1v) is 11.5. The number of anilines is 1. The number of nitrogens with two attached hydrogens (primary N) is 1. The predicted molar refractivity (Wildman–Crippen MR) is 131 cm³/mol. The lowest BCUT2D eigenvalue weighted by Gasteiger charge is -2.31. The lowest BCUT2D eigenvalue weighted by molar-refractivity contribution is -0.131. The number of carbonyl (C=O) groups is 1. The quantitative estimate of drug-likeness (QED) is 0.432. The third kappa shape index (κ3) is 3.57. The fourth-order valence-electron chi connectivity index (χ4n) is 4.94. The van der Waals surface area contributed by atoms with Crippen molar-refractivity contribution in [3.05, 3.63) is 78.6 Å². The Morgan fingerprint density at radius 1 is 1.12 bits per heavy atom. The molecule has 1 saturated heterocycles. The molecule has 8 nitrogen and oxygen atoms in total. The summed E-state index contributed by atoms with van der Waals surface area (Å²) in [5, 5.41) is 1.13. The van der Waals surface area contributed by atoms with Crippen molar-refractivity contribution in [2.24, 2.45) is 0 Å². The Balaban J connectivity index is 1.28. The Labute approximate surface area is 196 Å². The van der Waals surface area contributed by atoms with Crippen molar-refractivity contribution in [2.75, 3.05) is 18.8 Å². The van der Waals surface area contributed by atoms with Crippen molar-refractivity contribution >= 4 is 28.1 Å². The topological polar surface area (TPSA) is 105 Å². The highest BCUT2D eigenvalue weighted by Crippen LogP contribution is 2.35. The van der Waals surface area contributed by atoms with E-state index in [1.807, 2.05) is 35.4 Å². The van der Waals surface area contributed by atoms with Crippen LogP contribution in [0.3, 0.4) is 0 Å². The molecule has 8 heteroatoms. The van der Waals surface area contributed by atoms with Gasteiger partial charge in [0.25, 0.3) is 0 Å². The minimum atomic E-state index is 0.145. The average Bonchev–Trinajstić information content (AvgIpc) is 3.47. The maximum absolute atomic E-state index is 12.8. The highest BCUT2D eigenvalue weighted by atomic mass is 16.2. The summed E-state index contributed by atoms with van der Waals surface area (Å²) in [4.78, 5) is 31.7. The number of hydrogen-bond acceptors (Lipinski definition) is 5. The second-order valence-electron chi connectivity index (χ2n) is 8.81. The van der Waals surface area contributed by atoms with Crippen molar-refractivity contribution in [2.45, 2.75) is 25.2 Å². The van der Waals surface area contributed by atoms with E-state index in [0.717, 1.165) is 52.0 Å². The van der Waals surface area contributed by atoms with Gasteiger partial charge in [-0.15, -0.1) is 0 Å². The number of amides is 1. The number of rotatable bonds is 4. The zero-order valence-electron chi connectivity index (χ0n) is 18.7. The van der Waals surface area contributed by atoms with Crippen LogP contribution in [0.4, 0.5) is 5.82 Å². The second-order valence-corrected chi connectivity index (χ2v) is 8.81. The molecular weight excluding hydrogens is 426 g/mol. The molecular formula is C26H25N7O. The number of fused-ring (bicyclic) bond motifs is 2. The average molecular weight is 452 g/mol. The molecule has 4 aromatic heterocycles. The van der Waals surface area contributed by atoms with Gasteiger partial charge in [-0.1, -0.05) is 24.3 Å². The molecule has 1 amide bonds. The number of nitrogens with one attached hydrogen (secondary N) is 1. The van der Waals surface area contributed by atoms with E-state index in [2.05, 4.69) is 37.6 Å². The summed E-state index contributed by atoms with van der Waals surface area (Å²) in [5.41, 5.74) is 10.9. The van der Waals surface area contributed by atoms with Gasteiger partial charge in [0, 0.05) is 54.7 Å². The van der Waals surface area contributed by atoms with Crippen molar-refractivity contribution in [3.63, 3.8) is 0 Å². The van der Waals surface area contributed by atoms with E-state index < -0.39 is 0 Å². The Kier molecular flexibility index (Phi) is 4.98. The van der Waals surface area contributed by atoms with Crippen LogP contribution in [0.25, 0.3) is 27.8 Å². The van der Waals surface area contributed by atoms with Gasteiger partial charge in [0.2, 0.25) is 5.91 Å². The molecule has 34 heavy (non-hydrogen) atoms. The first-order chi connectivity index (χ1) is 16.7. The molecule has 0 bridgehead atoms. The van der Waals surface area contributed by atoms with Crippen LogP contribution in [0.1, 0.15) is 30.1 Å².